The molecule has 0 aliphatic rings. The van der Waals surface area contributed by atoms with Crippen LogP contribution < -0.4 is 10.9 Å². The number of H-pyrrole nitrogens is 1. The zero-order valence-electron chi connectivity index (χ0n) is 16.8. The normalized spacial score (nSPS) is 13.4. The SMILES string of the molecule is CC[C@@H](C)c1ccc([C@@H]([NH2+]Cc2nc3ccccc3c(=O)[nH]2)c2cccs2)cc1. The number of thiophene rings is 1. The third-order valence-corrected chi connectivity index (χ3v) is 6.49. The van der Waals surface area contributed by atoms with Crippen LogP contribution >= 0.6 is 11.3 Å². The van der Waals surface area contributed by atoms with Gasteiger partial charge in [0, 0.05) is 5.56 Å². The first-order chi connectivity index (χ1) is 14.2. The predicted octanol–water partition coefficient (Wildman–Crippen LogP) is 4.35. The molecule has 2 aromatic carbocycles. The maximum absolute atomic E-state index is 12.4. The van der Waals surface area contributed by atoms with Crippen molar-refractivity contribution >= 4 is 22.2 Å². The molecule has 29 heavy (non-hydrogen) atoms. The second kappa shape index (κ2) is 8.72. The van der Waals surface area contributed by atoms with Crippen molar-refractivity contribution in [2.45, 2.75) is 38.8 Å². The Kier molecular flexibility index (Phi) is 5.88. The van der Waals surface area contributed by atoms with E-state index in [2.05, 4.69) is 70.9 Å². The topological polar surface area (TPSA) is 62.4 Å². The molecule has 0 fully saturated rings. The number of benzene rings is 2. The summed E-state index contributed by atoms with van der Waals surface area (Å²) in [6.07, 6.45) is 1.14. The number of hydrogen-bond donors (Lipinski definition) is 2. The Labute approximate surface area is 174 Å². The van der Waals surface area contributed by atoms with Crippen LogP contribution in [0.25, 0.3) is 10.9 Å². The van der Waals surface area contributed by atoms with Gasteiger partial charge in [-0.25, -0.2) is 4.98 Å². The van der Waals surface area contributed by atoms with Gasteiger partial charge in [0.25, 0.3) is 5.56 Å². The van der Waals surface area contributed by atoms with E-state index in [9.17, 15) is 4.79 Å². The van der Waals surface area contributed by atoms with E-state index in [1.807, 2.05) is 24.3 Å². The molecule has 5 heteroatoms. The first-order valence-corrected chi connectivity index (χ1v) is 11.0. The van der Waals surface area contributed by atoms with E-state index >= 15 is 0 Å². The fourth-order valence-corrected chi connectivity index (χ4v) is 4.46. The summed E-state index contributed by atoms with van der Waals surface area (Å²) in [7, 11) is 0. The second-order valence-electron chi connectivity index (χ2n) is 7.44. The van der Waals surface area contributed by atoms with Gasteiger partial charge >= 0.3 is 0 Å². The molecule has 0 amide bonds. The van der Waals surface area contributed by atoms with E-state index in [4.69, 9.17) is 0 Å². The number of quaternary nitrogens is 1. The molecule has 0 aliphatic carbocycles. The van der Waals surface area contributed by atoms with E-state index in [0.717, 1.165) is 11.9 Å². The number of nitrogens with one attached hydrogen (secondary N) is 1. The Morgan fingerprint density at radius 1 is 1.03 bits per heavy atom. The summed E-state index contributed by atoms with van der Waals surface area (Å²) in [5, 5.41) is 4.99. The van der Waals surface area contributed by atoms with Crippen molar-refractivity contribution in [1.82, 2.24) is 9.97 Å². The van der Waals surface area contributed by atoms with Crippen LogP contribution in [-0.4, -0.2) is 9.97 Å². The molecule has 2 atom stereocenters. The molecule has 3 N–H and O–H groups in total. The Morgan fingerprint density at radius 3 is 2.52 bits per heavy atom. The van der Waals surface area contributed by atoms with E-state index < -0.39 is 0 Å². The van der Waals surface area contributed by atoms with Crippen LogP contribution in [0, 0.1) is 0 Å². The Morgan fingerprint density at radius 2 is 1.79 bits per heavy atom. The molecule has 2 heterocycles. The number of aromatic nitrogens is 2. The summed E-state index contributed by atoms with van der Waals surface area (Å²) in [5.41, 5.74) is 3.30. The van der Waals surface area contributed by atoms with Gasteiger partial charge in [0.1, 0.15) is 12.6 Å². The molecule has 0 bridgehead atoms. The smallest absolute Gasteiger partial charge is 0.258 e. The highest BCUT2D eigenvalue weighted by Gasteiger charge is 2.20. The minimum atomic E-state index is -0.0791. The zero-order chi connectivity index (χ0) is 20.2. The van der Waals surface area contributed by atoms with E-state index in [0.29, 0.717) is 23.7 Å². The summed E-state index contributed by atoms with van der Waals surface area (Å²) < 4.78 is 0. The lowest BCUT2D eigenvalue weighted by atomic mass is 9.95. The maximum Gasteiger partial charge on any atom is 0.258 e. The summed E-state index contributed by atoms with van der Waals surface area (Å²) in [6, 6.07) is 20.9. The molecule has 0 aliphatic heterocycles. The Hall–Kier alpha value is -2.76. The lowest BCUT2D eigenvalue weighted by molar-refractivity contribution is -0.702. The third-order valence-electron chi connectivity index (χ3n) is 5.54. The summed E-state index contributed by atoms with van der Waals surface area (Å²) in [4.78, 5) is 21.2. The number of rotatable bonds is 7. The highest BCUT2D eigenvalue weighted by atomic mass is 32.1. The minimum absolute atomic E-state index is 0.0791. The standard InChI is InChI=1S/C24H25N3OS/c1-3-16(2)17-10-12-18(13-11-17)23(21-9-6-14-29-21)25-15-22-26-20-8-5-4-7-19(20)24(28)27-22/h4-14,16,23,25H,3,15H2,1-2H3,(H,26,27,28)/p+1/t16-,23-/m1/s1. The molecule has 0 saturated heterocycles. The van der Waals surface area contributed by atoms with Gasteiger partial charge in [-0.1, -0.05) is 56.3 Å². The highest BCUT2D eigenvalue weighted by molar-refractivity contribution is 7.10. The average molecular weight is 405 g/mol. The number of para-hydroxylation sites is 1. The molecular formula is C24H26N3OS+. The Bertz CT molecular complexity index is 1130. The Balaban J connectivity index is 1.60. The average Bonchev–Trinajstić information content (AvgIpc) is 3.28. The van der Waals surface area contributed by atoms with Gasteiger partial charge in [-0.05, 0) is 41.5 Å². The quantitative estimate of drug-likeness (QED) is 0.481. The molecule has 4 aromatic rings. The minimum Gasteiger partial charge on any atom is -0.329 e. The molecule has 0 spiro atoms. The summed E-state index contributed by atoms with van der Waals surface area (Å²) >= 11 is 1.76. The van der Waals surface area contributed by atoms with Crippen molar-refractivity contribution in [3.8, 4) is 0 Å². The van der Waals surface area contributed by atoms with Crippen LogP contribution in [0.2, 0.25) is 0 Å². The molecule has 4 nitrogen and oxygen atoms in total. The predicted molar refractivity (Wildman–Crippen MR) is 119 cm³/mol. The largest absolute Gasteiger partial charge is 0.329 e. The summed E-state index contributed by atoms with van der Waals surface area (Å²) in [6.45, 7) is 5.09. The number of aromatic amines is 1. The fourth-order valence-electron chi connectivity index (χ4n) is 3.61. The van der Waals surface area contributed by atoms with Crippen LogP contribution in [0.5, 0.6) is 0 Å². The highest BCUT2D eigenvalue weighted by Crippen LogP contribution is 2.25. The van der Waals surface area contributed by atoms with Crippen LogP contribution in [0.15, 0.2) is 70.8 Å². The molecule has 2 aromatic heterocycles. The van der Waals surface area contributed by atoms with Crippen molar-refractivity contribution < 1.29 is 5.32 Å². The van der Waals surface area contributed by atoms with Crippen LogP contribution in [-0.2, 0) is 6.54 Å². The van der Waals surface area contributed by atoms with Crippen LogP contribution in [0.3, 0.4) is 0 Å². The lowest BCUT2D eigenvalue weighted by Gasteiger charge is -2.16. The molecule has 4 rings (SSSR count). The van der Waals surface area contributed by atoms with Crippen molar-refractivity contribution in [2.75, 3.05) is 0 Å². The molecule has 148 valence electrons. The monoisotopic (exact) mass is 404 g/mol. The van der Waals surface area contributed by atoms with Crippen molar-refractivity contribution in [1.29, 1.82) is 0 Å². The lowest BCUT2D eigenvalue weighted by Crippen LogP contribution is -2.84. The van der Waals surface area contributed by atoms with E-state index in [1.54, 1.807) is 11.3 Å². The first-order valence-electron chi connectivity index (χ1n) is 10.1. The van der Waals surface area contributed by atoms with Crippen molar-refractivity contribution in [3.05, 3.63) is 98.2 Å². The number of nitrogens with zero attached hydrogens (tertiary/aromatic N) is 1. The number of fused-ring (bicyclic) bond motifs is 1. The van der Waals surface area contributed by atoms with Gasteiger partial charge < -0.3 is 10.3 Å². The van der Waals surface area contributed by atoms with E-state index in [-0.39, 0.29) is 11.6 Å². The molecule has 0 radical (unpaired) electrons. The van der Waals surface area contributed by atoms with Crippen LogP contribution in [0.1, 0.15) is 54.1 Å². The van der Waals surface area contributed by atoms with Crippen molar-refractivity contribution in [3.63, 3.8) is 0 Å². The van der Waals surface area contributed by atoms with Crippen LogP contribution in [0.4, 0.5) is 0 Å². The third kappa shape index (κ3) is 4.31. The van der Waals surface area contributed by atoms with Gasteiger partial charge in [-0.2, -0.15) is 0 Å². The molecule has 0 saturated carbocycles. The fraction of sp³-hybridized carbons (Fsp3) is 0.250. The number of hydrogen-bond acceptors (Lipinski definition) is 3. The maximum atomic E-state index is 12.4. The zero-order valence-corrected chi connectivity index (χ0v) is 17.6. The van der Waals surface area contributed by atoms with Gasteiger partial charge in [-0.15, -0.1) is 11.3 Å². The van der Waals surface area contributed by atoms with Gasteiger partial charge in [-0.3, -0.25) is 4.79 Å². The van der Waals surface area contributed by atoms with E-state index in [1.165, 1.54) is 16.0 Å². The van der Waals surface area contributed by atoms with Gasteiger partial charge in [0.2, 0.25) is 0 Å². The number of nitrogens with two attached hydrogens (primary N) is 1. The molecule has 0 unspecified atom stereocenters. The van der Waals surface area contributed by atoms with Crippen molar-refractivity contribution in [2.24, 2.45) is 0 Å². The molecular weight excluding hydrogens is 378 g/mol. The van der Waals surface area contributed by atoms with Gasteiger partial charge in [0.05, 0.1) is 15.8 Å². The summed E-state index contributed by atoms with van der Waals surface area (Å²) in [5.74, 6) is 1.27. The van der Waals surface area contributed by atoms with Gasteiger partial charge in [0.15, 0.2) is 5.82 Å². The first kappa shape index (κ1) is 19.6. The second-order valence-corrected chi connectivity index (χ2v) is 8.42.